The minimum absolute atomic E-state index is 0.596. The van der Waals surface area contributed by atoms with Gasteiger partial charge in [-0.1, -0.05) is 41.4 Å². The first kappa shape index (κ1) is 20.2. The van der Waals surface area contributed by atoms with Crippen LogP contribution in [0.4, 0.5) is 11.4 Å². The highest BCUT2D eigenvalue weighted by Gasteiger charge is 2.22. The Morgan fingerprint density at radius 2 is 1.68 bits per heavy atom. The number of fused-ring (bicyclic) bond motifs is 1. The number of anilines is 2. The number of halogens is 2. The van der Waals surface area contributed by atoms with Crippen LogP contribution in [0.5, 0.6) is 0 Å². The quantitative estimate of drug-likeness (QED) is 0.462. The molecule has 0 radical (unpaired) electrons. The maximum atomic E-state index is 6.55. The average Bonchev–Trinajstić information content (AvgIpc) is 3.12. The van der Waals surface area contributed by atoms with Crippen LogP contribution in [-0.2, 0) is 6.54 Å². The Balaban J connectivity index is 1.46. The number of nitrogen functional groups attached to an aromatic ring is 1. The van der Waals surface area contributed by atoms with E-state index in [9.17, 15) is 0 Å². The molecule has 5 rings (SSSR count). The molecule has 158 valence electrons. The van der Waals surface area contributed by atoms with E-state index in [4.69, 9.17) is 33.9 Å². The molecular weight excluding hydrogens is 429 g/mol. The van der Waals surface area contributed by atoms with Crippen molar-refractivity contribution in [3.05, 3.63) is 82.6 Å². The van der Waals surface area contributed by atoms with E-state index >= 15 is 0 Å². The van der Waals surface area contributed by atoms with Crippen LogP contribution in [0.3, 0.4) is 0 Å². The van der Waals surface area contributed by atoms with Crippen LogP contribution in [-0.4, -0.2) is 40.5 Å². The molecule has 0 atom stereocenters. The highest BCUT2D eigenvalue weighted by Crippen LogP contribution is 2.33. The first-order chi connectivity index (χ1) is 15.1. The summed E-state index contributed by atoms with van der Waals surface area (Å²) in [5.74, 6) is 0. The van der Waals surface area contributed by atoms with Crippen LogP contribution in [0.2, 0.25) is 10.0 Å². The van der Waals surface area contributed by atoms with E-state index in [-0.39, 0.29) is 0 Å². The molecule has 1 fully saturated rings. The summed E-state index contributed by atoms with van der Waals surface area (Å²) in [6.07, 6.45) is 1.94. The molecule has 2 aromatic carbocycles. The van der Waals surface area contributed by atoms with Gasteiger partial charge < -0.3 is 15.0 Å². The smallest absolute Gasteiger partial charge is 0.137 e. The van der Waals surface area contributed by atoms with Gasteiger partial charge in [0.1, 0.15) is 5.65 Å². The van der Waals surface area contributed by atoms with Gasteiger partial charge in [-0.3, -0.25) is 4.90 Å². The number of hydrogen-bond acceptors (Lipinski definition) is 4. The first-order valence-electron chi connectivity index (χ1n) is 10.3. The fourth-order valence-corrected chi connectivity index (χ4v) is 4.67. The van der Waals surface area contributed by atoms with Gasteiger partial charge in [-0.25, -0.2) is 4.98 Å². The SMILES string of the molecule is Nc1ccc2nc(-c3ccc(Cl)cc3Cl)c(CN3CCN(c4ccccc4)CC3)n2c1. The second kappa shape index (κ2) is 8.42. The lowest BCUT2D eigenvalue weighted by molar-refractivity contribution is 0.247. The molecule has 2 aromatic heterocycles. The Kier molecular flexibility index (Phi) is 5.48. The Bertz CT molecular complexity index is 1210. The van der Waals surface area contributed by atoms with Crippen LogP contribution in [0.15, 0.2) is 66.9 Å². The summed E-state index contributed by atoms with van der Waals surface area (Å²) >= 11 is 12.7. The fourth-order valence-electron chi connectivity index (χ4n) is 4.17. The normalized spacial score (nSPS) is 15.0. The molecule has 0 unspecified atom stereocenters. The zero-order chi connectivity index (χ0) is 21.4. The Morgan fingerprint density at radius 3 is 2.42 bits per heavy atom. The van der Waals surface area contributed by atoms with Crippen LogP contribution in [0.1, 0.15) is 5.69 Å². The maximum Gasteiger partial charge on any atom is 0.137 e. The standard InChI is InChI=1S/C24H23Cl2N5/c25-17-6-8-20(21(26)14-17)24-22(31-15-18(27)7-9-23(31)28-24)16-29-10-12-30(13-11-29)19-4-2-1-3-5-19/h1-9,14-15H,10-13,16,27H2. The highest BCUT2D eigenvalue weighted by atomic mass is 35.5. The van der Waals surface area contributed by atoms with E-state index in [1.54, 1.807) is 6.07 Å². The predicted octanol–water partition coefficient (Wildman–Crippen LogP) is 5.21. The molecule has 0 amide bonds. The molecule has 1 aliphatic heterocycles. The number of benzene rings is 2. The van der Waals surface area contributed by atoms with Crippen LogP contribution >= 0.6 is 23.2 Å². The van der Waals surface area contributed by atoms with Crippen molar-refractivity contribution in [2.75, 3.05) is 36.8 Å². The van der Waals surface area contributed by atoms with Crippen molar-refractivity contribution < 1.29 is 0 Å². The van der Waals surface area contributed by atoms with Crippen LogP contribution < -0.4 is 10.6 Å². The van der Waals surface area contributed by atoms with E-state index in [1.807, 2.05) is 30.5 Å². The van der Waals surface area contributed by atoms with Gasteiger partial charge in [-0.2, -0.15) is 0 Å². The summed E-state index contributed by atoms with van der Waals surface area (Å²) in [5, 5.41) is 1.21. The molecular formula is C24H23Cl2N5. The van der Waals surface area contributed by atoms with Crippen molar-refractivity contribution in [1.82, 2.24) is 14.3 Å². The maximum absolute atomic E-state index is 6.55. The van der Waals surface area contributed by atoms with Gasteiger partial charge in [-0.15, -0.1) is 0 Å². The van der Waals surface area contributed by atoms with Gasteiger partial charge in [0.05, 0.1) is 16.4 Å². The molecule has 3 heterocycles. The van der Waals surface area contributed by atoms with Crippen molar-refractivity contribution in [3.63, 3.8) is 0 Å². The molecule has 0 aliphatic carbocycles. The van der Waals surface area contributed by atoms with Gasteiger partial charge in [-0.05, 0) is 42.5 Å². The third-order valence-corrected chi connectivity index (χ3v) is 6.34. The zero-order valence-electron chi connectivity index (χ0n) is 17.0. The molecule has 0 saturated carbocycles. The Hall–Kier alpha value is -2.73. The van der Waals surface area contributed by atoms with E-state index in [0.29, 0.717) is 15.7 Å². The monoisotopic (exact) mass is 451 g/mol. The molecule has 7 heteroatoms. The number of rotatable bonds is 4. The van der Waals surface area contributed by atoms with Gasteiger partial charge in [0, 0.05) is 60.9 Å². The number of para-hydroxylation sites is 1. The van der Waals surface area contributed by atoms with Gasteiger partial charge in [0.15, 0.2) is 0 Å². The number of nitrogens with zero attached hydrogens (tertiary/aromatic N) is 4. The third-order valence-electron chi connectivity index (χ3n) is 5.79. The largest absolute Gasteiger partial charge is 0.398 e. The number of imidazole rings is 1. The molecule has 5 nitrogen and oxygen atoms in total. The fraction of sp³-hybridized carbons (Fsp3) is 0.208. The molecule has 31 heavy (non-hydrogen) atoms. The summed E-state index contributed by atoms with van der Waals surface area (Å²) in [6.45, 7) is 4.68. The highest BCUT2D eigenvalue weighted by molar-refractivity contribution is 6.36. The summed E-state index contributed by atoms with van der Waals surface area (Å²) in [7, 11) is 0. The Labute approximate surface area is 191 Å². The summed E-state index contributed by atoms with van der Waals surface area (Å²) in [4.78, 5) is 9.77. The molecule has 0 bridgehead atoms. The number of pyridine rings is 1. The molecule has 2 N–H and O–H groups in total. The van der Waals surface area contributed by atoms with Crippen molar-refractivity contribution in [3.8, 4) is 11.3 Å². The van der Waals surface area contributed by atoms with Gasteiger partial charge >= 0.3 is 0 Å². The second-order valence-electron chi connectivity index (χ2n) is 7.82. The topological polar surface area (TPSA) is 49.8 Å². The lowest BCUT2D eigenvalue weighted by Gasteiger charge is -2.36. The Morgan fingerprint density at radius 1 is 0.903 bits per heavy atom. The van der Waals surface area contributed by atoms with E-state index < -0.39 is 0 Å². The number of hydrogen-bond donors (Lipinski definition) is 1. The first-order valence-corrected chi connectivity index (χ1v) is 11.1. The average molecular weight is 452 g/mol. The van der Waals surface area contributed by atoms with Crippen LogP contribution in [0.25, 0.3) is 16.9 Å². The number of nitrogens with two attached hydrogens (primary N) is 1. The van der Waals surface area contributed by atoms with Crippen molar-refractivity contribution in [2.24, 2.45) is 0 Å². The minimum atomic E-state index is 0.596. The second-order valence-corrected chi connectivity index (χ2v) is 8.66. The third kappa shape index (κ3) is 4.09. The lowest BCUT2D eigenvalue weighted by atomic mass is 10.1. The van der Waals surface area contributed by atoms with Crippen molar-refractivity contribution >= 4 is 40.2 Å². The molecule has 0 spiro atoms. The van der Waals surface area contributed by atoms with Crippen molar-refractivity contribution in [1.29, 1.82) is 0 Å². The predicted molar refractivity (Wildman–Crippen MR) is 129 cm³/mol. The van der Waals surface area contributed by atoms with E-state index in [0.717, 1.165) is 55.3 Å². The van der Waals surface area contributed by atoms with E-state index in [1.165, 1.54) is 5.69 Å². The lowest BCUT2D eigenvalue weighted by Crippen LogP contribution is -2.46. The summed E-state index contributed by atoms with van der Waals surface area (Å²) < 4.78 is 2.08. The zero-order valence-corrected chi connectivity index (χ0v) is 18.5. The summed E-state index contributed by atoms with van der Waals surface area (Å²) in [6, 6.07) is 19.9. The molecule has 1 saturated heterocycles. The minimum Gasteiger partial charge on any atom is -0.398 e. The number of aromatic nitrogens is 2. The van der Waals surface area contributed by atoms with Gasteiger partial charge in [0.25, 0.3) is 0 Å². The van der Waals surface area contributed by atoms with Crippen LogP contribution in [0, 0.1) is 0 Å². The van der Waals surface area contributed by atoms with E-state index in [2.05, 4.69) is 44.5 Å². The van der Waals surface area contributed by atoms with Gasteiger partial charge in [0.2, 0.25) is 0 Å². The molecule has 1 aliphatic rings. The molecule has 4 aromatic rings. The summed E-state index contributed by atoms with van der Waals surface area (Å²) in [5.41, 5.74) is 11.8. The van der Waals surface area contributed by atoms with Crippen molar-refractivity contribution in [2.45, 2.75) is 6.54 Å². The number of piperazine rings is 1.